The molecule has 3 aromatic carbocycles. The Balaban J connectivity index is 1.80. The maximum absolute atomic E-state index is 12.5. The van der Waals surface area contributed by atoms with Crippen LogP contribution in [0.1, 0.15) is 33.0 Å². The van der Waals surface area contributed by atoms with Crippen LogP contribution in [-0.2, 0) is 4.74 Å². The first-order valence-corrected chi connectivity index (χ1v) is 8.71. The first-order valence-electron chi connectivity index (χ1n) is 8.71. The first-order chi connectivity index (χ1) is 13.2. The molecule has 3 rings (SSSR count). The predicted octanol–water partition coefficient (Wildman–Crippen LogP) is 5.21. The summed E-state index contributed by atoms with van der Waals surface area (Å²) < 4.78 is 5.52. The highest BCUT2D eigenvalue weighted by molar-refractivity contribution is 5.92. The van der Waals surface area contributed by atoms with E-state index in [1.54, 1.807) is 24.3 Å². The van der Waals surface area contributed by atoms with Gasteiger partial charge < -0.3 is 4.74 Å². The zero-order valence-electron chi connectivity index (χ0n) is 15.0. The number of ether oxygens (including phenoxy) is 1. The molecule has 0 aliphatic carbocycles. The van der Waals surface area contributed by atoms with E-state index < -0.39 is 5.97 Å². The summed E-state index contributed by atoms with van der Waals surface area (Å²) in [5, 5.41) is 0. The van der Waals surface area contributed by atoms with E-state index in [2.05, 4.69) is 36.8 Å². The average molecular weight is 352 g/mol. The third-order valence-corrected chi connectivity index (χ3v) is 4.37. The Kier molecular flexibility index (Phi) is 5.87. The molecular formula is C25H20O2. The summed E-state index contributed by atoms with van der Waals surface area (Å²) in [4.78, 5) is 12.5. The van der Waals surface area contributed by atoms with Crippen molar-refractivity contribution in [3.05, 3.63) is 119 Å². The molecule has 27 heavy (non-hydrogen) atoms. The lowest BCUT2D eigenvalue weighted by molar-refractivity contribution is 0.0536. The molecular weight excluding hydrogens is 332 g/mol. The highest BCUT2D eigenvalue weighted by Crippen LogP contribution is 2.31. The molecule has 0 saturated carbocycles. The summed E-state index contributed by atoms with van der Waals surface area (Å²) in [7, 11) is 0. The van der Waals surface area contributed by atoms with E-state index in [-0.39, 0.29) is 12.5 Å². The molecule has 0 aromatic heterocycles. The summed E-state index contributed by atoms with van der Waals surface area (Å²) in [5.74, 6) is 2.02. The van der Waals surface area contributed by atoms with Crippen LogP contribution in [0.2, 0.25) is 0 Å². The largest absolute Gasteiger partial charge is 0.458 e. The van der Waals surface area contributed by atoms with Gasteiger partial charge in [-0.05, 0) is 28.8 Å². The van der Waals surface area contributed by atoms with E-state index in [0.717, 1.165) is 16.7 Å². The third kappa shape index (κ3) is 4.34. The molecule has 0 bridgehead atoms. The van der Waals surface area contributed by atoms with Crippen molar-refractivity contribution in [2.45, 2.75) is 5.92 Å². The Morgan fingerprint density at radius 3 is 1.96 bits per heavy atom. The van der Waals surface area contributed by atoms with Crippen LogP contribution in [0.3, 0.4) is 0 Å². The Bertz CT molecular complexity index is 926. The minimum Gasteiger partial charge on any atom is -0.458 e. The normalized spacial score (nSPS) is 10.2. The smallest absolute Gasteiger partial charge is 0.339 e. The zero-order chi connectivity index (χ0) is 19.1. The van der Waals surface area contributed by atoms with Crippen molar-refractivity contribution < 1.29 is 9.53 Å². The van der Waals surface area contributed by atoms with Gasteiger partial charge in [0.1, 0.15) is 6.61 Å². The highest BCUT2D eigenvalue weighted by atomic mass is 16.5. The lowest BCUT2D eigenvalue weighted by atomic mass is 9.86. The minimum atomic E-state index is -0.440. The number of benzene rings is 3. The van der Waals surface area contributed by atoms with E-state index in [4.69, 9.17) is 11.2 Å². The molecule has 0 heterocycles. The number of hydrogen-bond donors (Lipinski definition) is 0. The van der Waals surface area contributed by atoms with Crippen molar-refractivity contribution in [1.29, 1.82) is 0 Å². The fourth-order valence-corrected chi connectivity index (χ4v) is 3.06. The lowest BCUT2D eigenvalue weighted by Gasteiger charge is -2.21. The first kappa shape index (κ1) is 18.2. The molecule has 0 radical (unpaired) electrons. The molecule has 0 amide bonds. The van der Waals surface area contributed by atoms with Crippen LogP contribution in [0.4, 0.5) is 0 Å². The monoisotopic (exact) mass is 352 g/mol. The summed E-state index contributed by atoms with van der Waals surface area (Å²) >= 11 is 0. The van der Waals surface area contributed by atoms with Crippen LogP contribution < -0.4 is 0 Å². The number of carbonyl (C=O) groups is 1. The van der Waals surface area contributed by atoms with Gasteiger partial charge in [0.2, 0.25) is 0 Å². The molecule has 0 aliphatic rings. The van der Waals surface area contributed by atoms with Gasteiger partial charge in [-0.15, -0.1) is 6.42 Å². The van der Waals surface area contributed by atoms with Crippen LogP contribution in [0, 0.1) is 12.3 Å². The predicted molar refractivity (Wildman–Crippen MR) is 109 cm³/mol. The van der Waals surface area contributed by atoms with Gasteiger partial charge in [0.15, 0.2) is 0 Å². The van der Waals surface area contributed by atoms with Crippen molar-refractivity contribution in [2.24, 2.45) is 0 Å². The molecule has 0 fully saturated rings. The Labute approximate surface area is 160 Å². The quantitative estimate of drug-likeness (QED) is 0.346. The summed E-state index contributed by atoms with van der Waals surface area (Å²) in [6.45, 7) is 4.32. The summed E-state index contributed by atoms with van der Waals surface area (Å²) in [6.07, 6.45) is 5.47. The van der Waals surface area contributed by atoms with E-state index in [9.17, 15) is 4.79 Å². The average Bonchev–Trinajstić information content (AvgIpc) is 2.73. The highest BCUT2D eigenvalue weighted by Gasteiger charge is 2.19. The standard InChI is InChI=1S/C25H20O2/c1-3-20-12-10-11-17-23(20)25(26)27-18-19(2)24(21-13-6-4-7-14-21)22-15-8-5-9-16-22/h1,4-17,24H,2,18H2. The topological polar surface area (TPSA) is 26.3 Å². The van der Waals surface area contributed by atoms with Crippen molar-refractivity contribution >= 4 is 5.97 Å². The molecule has 2 nitrogen and oxygen atoms in total. The summed E-state index contributed by atoms with van der Waals surface area (Å²) in [5.41, 5.74) is 3.93. The van der Waals surface area contributed by atoms with Gasteiger partial charge in [0, 0.05) is 11.5 Å². The third-order valence-electron chi connectivity index (χ3n) is 4.37. The molecule has 3 aromatic rings. The van der Waals surface area contributed by atoms with E-state index in [0.29, 0.717) is 11.1 Å². The van der Waals surface area contributed by atoms with Gasteiger partial charge in [0.05, 0.1) is 5.56 Å². The van der Waals surface area contributed by atoms with Crippen LogP contribution in [0.15, 0.2) is 97.1 Å². The number of terminal acetylenes is 1. The van der Waals surface area contributed by atoms with Gasteiger partial charge in [-0.2, -0.15) is 0 Å². The number of carbonyl (C=O) groups excluding carboxylic acids is 1. The fraction of sp³-hybridized carbons (Fsp3) is 0.0800. The zero-order valence-corrected chi connectivity index (χ0v) is 15.0. The second kappa shape index (κ2) is 8.69. The minimum absolute atomic E-state index is 0.0527. The van der Waals surface area contributed by atoms with Gasteiger partial charge in [-0.25, -0.2) is 4.79 Å². The molecule has 0 unspecified atom stereocenters. The second-order valence-corrected chi connectivity index (χ2v) is 6.18. The van der Waals surface area contributed by atoms with Crippen molar-refractivity contribution in [3.8, 4) is 12.3 Å². The van der Waals surface area contributed by atoms with Crippen LogP contribution in [0.5, 0.6) is 0 Å². The van der Waals surface area contributed by atoms with E-state index >= 15 is 0 Å². The Morgan fingerprint density at radius 2 is 1.41 bits per heavy atom. The summed E-state index contributed by atoms with van der Waals surface area (Å²) in [6, 6.07) is 27.1. The Morgan fingerprint density at radius 1 is 0.889 bits per heavy atom. The second-order valence-electron chi connectivity index (χ2n) is 6.18. The van der Waals surface area contributed by atoms with Gasteiger partial charge >= 0.3 is 5.97 Å². The molecule has 0 saturated heterocycles. The molecule has 0 N–H and O–H groups in total. The Hall–Kier alpha value is -3.57. The van der Waals surface area contributed by atoms with Gasteiger partial charge in [-0.1, -0.05) is 85.3 Å². The van der Waals surface area contributed by atoms with Crippen molar-refractivity contribution in [1.82, 2.24) is 0 Å². The van der Waals surface area contributed by atoms with Crippen LogP contribution >= 0.6 is 0 Å². The van der Waals surface area contributed by atoms with E-state index in [1.165, 1.54) is 0 Å². The molecule has 0 atom stereocenters. The number of rotatable bonds is 6. The maximum atomic E-state index is 12.5. The van der Waals surface area contributed by atoms with Gasteiger partial charge in [0.25, 0.3) is 0 Å². The molecule has 0 spiro atoms. The molecule has 132 valence electrons. The lowest BCUT2D eigenvalue weighted by Crippen LogP contribution is -2.14. The van der Waals surface area contributed by atoms with Crippen molar-refractivity contribution in [3.63, 3.8) is 0 Å². The van der Waals surface area contributed by atoms with E-state index in [1.807, 2.05) is 36.4 Å². The van der Waals surface area contributed by atoms with Crippen LogP contribution in [0.25, 0.3) is 0 Å². The maximum Gasteiger partial charge on any atom is 0.339 e. The number of esters is 1. The molecule has 0 aliphatic heterocycles. The van der Waals surface area contributed by atoms with Crippen LogP contribution in [-0.4, -0.2) is 12.6 Å². The number of hydrogen-bond acceptors (Lipinski definition) is 2. The molecule has 2 heteroatoms. The van der Waals surface area contributed by atoms with Crippen molar-refractivity contribution in [2.75, 3.05) is 6.61 Å². The van der Waals surface area contributed by atoms with Gasteiger partial charge in [-0.3, -0.25) is 0 Å². The SMILES string of the molecule is C#Cc1ccccc1C(=O)OCC(=C)C(c1ccccc1)c1ccccc1. The fourth-order valence-electron chi connectivity index (χ4n) is 3.06.